The fourth-order valence-corrected chi connectivity index (χ4v) is 6.25. The van der Waals surface area contributed by atoms with Gasteiger partial charge in [0.15, 0.2) is 24.4 Å². The second kappa shape index (κ2) is 29.1. The number of rotatable bonds is 32. The predicted octanol–water partition coefficient (Wildman–Crippen LogP) is 9.93. The highest BCUT2D eigenvalue weighted by atomic mass is 16.6. The summed E-state index contributed by atoms with van der Waals surface area (Å²) in [6.07, 6.45) is 12.9. The van der Waals surface area contributed by atoms with Gasteiger partial charge in [0, 0.05) is 38.5 Å². The third-order valence-corrected chi connectivity index (χ3v) is 9.27. The molecule has 14 nitrogen and oxygen atoms in total. The largest absolute Gasteiger partial charge is 0.459 e. The number of aromatic nitrogens is 2. The van der Waals surface area contributed by atoms with Gasteiger partial charge >= 0.3 is 29.8 Å². The summed E-state index contributed by atoms with van der Waals surface area (Å²) in [5.41, 5.74) is 0.117. The first kappa shape index (κ1) is 48.9. The molecule has 5 atom stereocenters. The number of oxazole rings is 2. The molecule has 2 aromatic rings. The summed E-state index contributed by atoms with van der Waals surface area (Å²) < 4.78 is 40.4. The summed E-state index contributed by atoms with van der Waals surface area (Å²) >= 11 is 0. The van der Waals surface area contributed by atoms with E-state index in [-0.39, 0.29) is 55.9 Å². The van der Waals surface area contributed by atoms with E-state index in [1.165, 1.54) is 63.8 Å². The number of esters is 5. The summed E-state index contributed by atoms with van der Waals surface area (Å²) in [5.74, 6) is -2.58. The van der Waals surface area contributed by atoms with Gasteiger partial charge < -0.3 is 32.5 Å². The quantitative estimate of drug-likeness (QED) is 0.0387. The summed E-state index contributed by atoms with van der Waals surface area (Å²) in [6, 6.07) is 0. The third-order valence-electron chi connectivity index (χ3n) is 9.27. The highest BCUT2D eigenvalue weighted by Gasteiger charge is 2.40. The van der Waals surface area contributed by atoms with E-state index in [1.807, 2.05) is 27.7 Å². The Hall–Kier alpha value is -4.23. The Morgan fingerprint density at radius 2 is 1.09 bits per heavy atom. The molecule has 0 aliphatic heterocycles. The zero-order valence-corrected chi connectivity index (χ0v) is 35.3. The molecule has 0 fully saturated rings. The van der Waals surface area contributed by atoms with E-state index in [1.54, 1.807) is 6.92 Å². The average Bonchev–Trinajstić information content (AvgIpc) is 3.89. The van der Waals surface area contributed by atoms with Crippen molar-refractivity contribution in [3.8, 4) is 0 Å². The molecule has 5 unspecified atom stereocenters. The number of nitrogens with zero attached hydrogens (tertiary/aromatic N) is 2. The lowest BCUT2D eigenvalue weighted by atomic mass is 10.00. The van der Waals surface area contributed by atoms with Crippen LogP contribution in [0, 0.1) is 0 Å². The fraction of sp³-hybridized carbons (Fsp3) is 0.744. The molecule has 0 aliphatic carbocycles. The highest BCUT2D eigenvalue weighted by Crippen LogP contribution is 2.32. The van der Waals surface area contributed by atoms with Crippen molar-refractivity contribution < 1.29 is 56.5 Å². The minimum atomic E-state index is -1.25. The molecule has 0 N–H and O–H groups in total. The Bertz CT molecular complexity index is 1420. The van der Waals surface area contributed by atoms with E-state index in [2.05, 4.69) is 16.9 Å². The van der Waals surface area contributed by atoms with Crippen molar-refractivity contribution in [2.75, 3.05) is 0 Å². The predicted molar refractivity (Wildman–Crippen MR) is 210 cm³/mol. The lowest BCUT2D eigenvalue weighted by Crippen LogP contribution is -2.45. The van der Waals surface area contributed by atoms with Gasteiger partial charge in [0.2, 0.25) is 12.0 Å². The van der Waals surface area contributed by atoms with Crippen molar-refractivity contribution in [1.29, 1.82) is 0 Å². The zero-order chi connectivity index (χ0) is 41.8. The Morgan fingerprint density at radius 3 is 1.63 bits per heavy atom. The van der Waals surface area contributed by atoms with Crippen LogP contribution < -0.4 is 0 Å². The van der Waals surface area contributed by atoms with Crippen LogP contribution in [-0.2, 0) is 47.7 Å². The molecule has 0 saturated heterocycles. The van der Waals surface area contributed by atoms with Crippen LogP contribution in [0.1, 0.15) is 206 Å². The topological polar surface area (TPSA) is 184 Å². The molecule has 0 aliphatic rings. The lowest BCUT2D eigenvalue weighted by Gasteiger charge is -2.32. The van der Waals surface area contributed by atoms with E-state index in [4.69, 9.17) is 32.5 Å². The van der Waals surface area contributed by atoms with E-state index in [0.717, 1.165) is 19.3 Å². The van der Waals surface area contributed by atoms with Crippen LogP contribution in [-0.4, -0.2) is 58.1 Å². The first-order chi connectivity index (χ1) is 27.6. The molecule has 0 saturated carbocycles. The second-order valence-electron chi connectivity index (χ2n) is 14.6. The van der Waals surface area contributed by atoms with Gasteiger partial charge in [0.1, 0.15) is 24.2 Å². The number of hydrogen-bond acceptors (Lipinski definition) is 14. The van der Waals surface area contributed by atoms with Crippen molar-refractivity contribution >= 4 is 29.8 Å². The van der Waals surface area contributed by atoms with Crippen LogP contribution in [0.25, 0.3) is 0 Å². The zero-order valence-electron chi connectivity index (χ0n) is 35.3. The van der Waals surface area contributed by atoms with Gasteiger partial charge in [-0.15, -0.1) is 0 Å². The summed E-state index contributed by atoms with van der Waals surface area (Å²) in [5, 5.41) is 0. The monoisotopic (exact) mass is 804 g/mol. The van der Waals surface area contributed by atoms with E-state index >= 15 is 0 Å². The van der Waals surface area contributed by atoms with Crippen molar-refractivity contribution in [1.82, 2.24) is 9.97 Å². The summed E-state index contributed by atoms with van der Waals surface area (Å²) in [6.45, 7) is 11.0. The maximum atomic E-state index is 13.1. The SMILES string of the molecule is CCCCCCCCCCCCCC(=O)OC(c1cnco1)c1nc(C(CC(OC(=O)CCC)C(OC(=O)CCC)C(C)OC(=O)CCC)OC(=O)CCC)co1. The molecular formula is C43H68N2O12. The molecule has 14 heteroatoms. The molecule has 2 heterocycles. The van der Waals surface area contributed by atoms with Crippen molar-refractivity contribution in [3.05, 3.63) is 36.2 Å². The number of unbranched alkanes of at least 4 members (excludes halogenated alkanes) is 10. The van der Waals surface area contributed by atoms with Gasteiger partial charge in [-0.3, -0.25) is 24.0 Å². The molecule has 57 heavy (non-hydrogen) atoms. The Labute approximate surface area is 338 Å². The maximum absolute atomic E-state index is 13.1. The number of hydrogen-bond donors (Lipinski definition) is 0. The van der Waals surface area contributed by atoms with Gasteiger partial charge in [-0.05, 0) is 39.0 Å². The highest BCUT2D eigenvalue weighted by molar-refractivity contribution is 5.72. The van der Waals surface area contributed by atoms with Crippen molar-refractivity contribution in [2.45, 2.75) is 207 Å². The van der Waals surface area contributed by atoms with E-state index in [0.29, 0.717) is 32.1 Å². The molecule has 0 radical (unpaired) electrons. The fourth-order valence-electron chi connectivity index (χ4n) is 6.25. The van der Waals surface area contributed by atoms with Gasteiger partial charge in [-0.25, -0.2) is 9.97 Å². The second-order valence-corrected chi connectivity index (χ2v) is 14.6. The Morgan fingerprint density at radius 1 is 0.579 bits per heavy atom. The van der Waals surface area contributed by atoms with Crippen LogP contribution in [0.3, 0.4) is 0 Å². The number of carbonyl (C=O) groups excluding carboxylic acids is 5. The maximum Gasteiger partial charge on any atom is 0.307 e. The average molecular weight is 805 g/mol. The van der Waals surface area contributed by atoms with Crippen LogP contribution >= 0.6 is 0 Å². The lowest BCUT2D eigenvalue weighted by molar-refractivity contribution is -0.188. The minimum Gasteiger partial charge on any atom is -0.459 e. The van der Waals surface area contributed by atoms with Crippen LogP contribution in [0.15, 0.2) is 27.7 Å². The van der Waals surface area contributed by atoms with Gasteiger partial charge in [0.25, 0.3) is 0 Å². The Kier molecular flexibility index (Phi) is 24.9. The molecular weight excluding hydrogens is 736 g/mol. The van der Waals surface area contributed by atoms with Gasteiger partial charge in [-0.2, -0.15) is 0 Å². The van der Waals surface area contributed by atoms with Gasteiger partial charge in [0.05, 0.1) is 6.20 Å². The summed E-state index contributed by atoms with van der Waals surface area (Å²) in [4.78, 5) is 73.1. The standard InChI is InChI=1S/C43H68N2O12/c1-7-12-13-14-15-16-17-18-19-20-21-26-40(50)57-42(35-28-44-30-52-35)43-45-32(29-51-43)33(54-37(47)23-9-3)27-34(55-38(48)24-10-4)41(56-39(49)25-11-5)31(6)53-36(46)22-8-2/h28-31,33-34,41-42H,7-27H2,1-6H3. The Balaban J connectivity index is 2.32. The molecule has 2 aromatic heterocycles. The summed E-state index contributed by atoms with van der Waals surface area (Å²) in [7, 11) is 0. The third kappa shape index (κ3) is 19.7. The van der Waals surface area contributed by atoms with Crippen LogP contribution in [0.4, 0.5) is 0 Å². The van der Waals surface area contributed by atoms with Crippen molar-refractivity contribution in [2.24, 2.45) is 0 Å². The minimum absolute atomic E-state index is 0.0575. The van der Waals surface area contributed by atoms with Crippen LogP contribution in [0.5, 0.6) is 0 Å². The normalized spacial score (nSPS) is 13.9. The molecule has 0 spiro atoms. The molecule has 0 amide bonds. The van der Waals surface area contributed by atoms with E-state index in [9.17, 15) is 24.0 Å². The number of ether oxygens (including phenoxy) is 5. The molecule has 0 aromatic carbocycles. The first-order valence-corrected chi connectivity index (χ1v) is 21.4. The van der Waals surface area contributed by atoms with Crippen LogP contribution in [0.2, 0.25) is 0 Å². The molecule has 2 rings (SSSR count). The molecule has 0 bridgehead atoms. The van der Waals surface area contributed by atoms with E-state index < -0.39 is 60.4 Å². The molecule has 322 valence electrons. The first-order valence-electron chi connectivity index (χ1n) is 21.4. The van der Waals surface area contributed by atoms with Crippen molar-refractivity contribution in [3.63, 3.8) is 0 Å². The number of carbonyl (C=O) groups is 5. The smallest absolute Gasteiger partial charge is 0.307 e. The van der Waals surface area contributed by atoms with Gasteiger partial charge in [-0.1, -0.05) is 98.8 Å².